The number of hydrogen-bond donors (Lipinski definition) is 1. The van der Waals surface area contributed by atoms with Crippen molar-refractivity contribution >= 4 is 5.78 Å². The Morgan fingerprint density at radius 2 is 1.94 bits per heavy atom. The molecule has 1 unspecified atom stereocenters. The molecular weight excluding hydrogens is 198 g/mol. The zero-order chi connectivity index (χ0) is 12.0. The van der Waals surface area contributed by atoms with E-state index in [0.29, 0.717) is 6.42 Å². The molecule has 0 aromatic heterocycles. The van der Waals surface area contributed by atoms with Crippen LogP contribution in [0.1, 0.15) is 37.3 Å². The second-order valence-corrected chi connectivity index (χ2v) is 4.38. The lowest BCUT2D eigenvalue weighted by molar-refractivity contribution is -0.119. The number of nitrogens with two attached hydrogens (primary N) is 1. The van der Waals surface area contributed by atoms with Crippen molar-refractivity contribution in [3.05, 3.63) is 35.4 Å². The maximum Gasteiger partial charge on any atom is 0.153 e. The normalized spacial score (nSPS) is 12.4. The van der Waals surface area contributed by atoms with Crippen LogP contribution in [0.25, 0.3) is 0 Å². The van der Waals surface area contributed by atoms with Gasteiger partial charge < -0.3 is 5.73 Å². The van der Waals surface area contributed by atoms with Crippen molar-refractivity contribution in [1.82, 2.24) is 0 Å². The molecule has 2 heteroatoms. The van der Waals surface area contributed by atoms with Crippen LogP contribution in [0.5, 0.6) is 0 Å². The predicted octanol–water partition coefficient (Wildman–Crippen LogP) is 2.62. The van der Waals surface area contributed by atoms with Crippen molar-refractivity contribution in [3.8, 4) is 0 Å². The number of rotatable bonds is 6. The van der Waals surface area contributed by atoms with Gasteiger partial charge in [-0.1, -0.05) is 49.6 Å². The highest BCUT2D eigenvalue weighted by molar-refractivity contribution is 5.85. The van der Waals surface area contributed by atoms with Crippen molar-refractivity contribution in [2.75, 3.05) is 0 Å². The van der Waals surface area contributed by atoms with E-state index in [9.17, 15) is 4.79 Å². The monoisotopic (exact) mass is 219 g/mol. The van der Waals surface area contributed by atoms with Crippen molar-refractivity contribution in [2.45, 2.75) is 45.6 Å². The summed E-state index contributed by atoms with van der Waals surface area (Å²) in [6.07, 6.45) is 3.39. The third-order valence-electron chi connectivity index (χ3n) is 2.78. The summed E-state index contributed by atoms with van der Waals surface area (Å²) in [5.41, 5.74) is 8.10. The summed E-state index contributed by atoms with van der Waals surface area (Å²) in [5.74, 6) is 0.150. The first-order valence-electron chi connectivity index (χ1n) is 5.97. The Morgan fingerprint density at radius 1 is 1.31 bits per heavy atom. The van der Waals surface area contributed by atoms with Crippen LogP contribution in [0, 0.1) is 6.92 Å². The molecule has 0 heterocycles. The van der Waals surface area contributed by atoms with E-state index in [1.54, 1.807) is 0 Å². The van der Waals surface area contributed by atoms with Crippen molar-refractivity contribution in [2.24, 2.45) is 5.73 Å². The summed E-state index contributed by atoms with van der Waals surface area (Å²) >= 11 is 0. The highest BCUT2D eigenvalue weighted by Crippen LogP contribution is 2.07. The van der Waals surface area contributed by atoms with E-state index >= 15 is 0 Å². The summed E-state index contributed by atoms with van der Waals surface area (Å²) in [4.78, 5) is 11.8. The van der Waals surface area contributed by atoms with Crippen LogP contribution in [-0.4, -0.2) is 11.8 Å². The average Bonchev–Trinajstić information content (AvgIpc) is 2.29. The number of carbonyl (C=O) groups is 1. The van der Waals surface area contributed by atoms with Gasteiger partial charge in [0.25, 0.3) is 0 Å². The second-order valence-electron chi connectivity index (χ2n) is 4.38. The van der Waals surface area contributed by atoms with Gasteiger partial charge in [0.15, 0.2) is 5.78 Å². The summed E-state index contributed by atoms with van der Waals surface area (Å²) in [6.45, 7) is 4.15. The lowest BCUT2D eigenvalue weighted by atomic mass is 10.00. The maximum absolute atomic E-state index is 11.8. The Hall–Kier alpha value is -1.15. The lowest BCUT2D eigenvalue weighted by Crippen LogP contribution is -2.31. The number of unbranched alkanes of at least 4 members (excludes halogenated alkanes) is 1. The Labute approximate surface area is 97.9 Å². The lowest BCUT2D eigenvalue weighted by Gasteiger charge is -2.09. The number of carbonyl (C=O) groups excluding carboxylic acids is 1. The molecule has 2 nitrogen and oxygen atoms in total. The van der Waals surface area contributed by atoms with Gasteiger partial charge in [-0.2, -0.15) is 0 Å². The minimum absolute atomic E-state index is 0.150. The Balaban J connectivity index is 2.47. The fraction of sp³-hybridized carbons (Fsp3) is 0.500. The highest BCUT2D eigenvalue weighted by Gasteiger charge is 2.12. The summed E-state index contributed by atoms with van der Waals surface area (Å²) < 4.78 is 0. The molecule has 0 amide bonds. The van der Waals surface area contributed by atoms with Crippen molar-refractivity contribution < 1.29 is 4.79 Å². The fourth-order valence-electron chi connectivity index (χ4n) is 1.62. The van der Waals surface area contributed by atoms with Crippen molar-refractivity contribution in [3.63, 3.8) is 0 Å². The van der Waals surface area contributed by atoms with Crippen LogP contribution in [0.15, 0.2) is 24.3 Å². The molecular formula is C14H21NO. The number of Topliss-reactive ketones (excluding diaryl/α,β-unsaturated/α-hetero) is 1. The van der Waals surface area contributed by atoms with Crippen LogP contribution in [0.4, 0.5) is 0 Å². The number of benzene rings is 1. The Kier molecular flexibility index (Phi) is 5.20. The number of ketones is 1. The average molecular weight is 219 g/mol. The zero-order valence-electron chi connectivity index (χ0n) is 10.2. The van der Waals surface area contributed by atoms with Crippen molar-refractivity contribution in [1.29, 1.82) is 0 Å². The molecule has 1 aromatic carbocycles. The summed E-state index contributed by atoms with van der Waals surface area (Å²) in [7, 11) is 0. The van der Waals surface area contributed by atoms with Gasteiger partial charge >= 0.3 is 0 Å². The van der Waals surface area contributed by atoms with E-state index in [0.717, 1.165) is 24.8 Å². The smallest absolute Gasteiger partial charge is 0.153 e. The maximum atomic E-state index is 11.8. The van der Waals surface area contributed by atoms with E-state index in [-0.39, 0.29) is 11.8 Å². The first kappa shape index (κ1) is 12.9. The molecule has 0 bridgehead atoms. The third-order valence-corrected chi connectivity index (χ3v) is 2.78. The molecule has 0 aliphatic rings. The zero-order valence-corrected chi connectivity index (χ0v) is 10.2. The second kappa shape index (κ2) is 6.44. The predicted molar refractivity (Wildman–Crippen MR) is 67.4 cm³/mol. The SMILES string of the molecule is CCCCC(N)C(=O)Cc1ccc(C)cc1. The van der Waals surface area contributed by atoms with Gasteiger partial charge in [-0.05, 0) is 18.9 Å². The molecule has 2 N–H and O–H groups in total. The van der Waals surface area contributed by atoms with E-state index in [2.05, 4.69) is 6.92 Å². The van der Waals surface area contributed by atoms with Crippen LogP contribution in [0.3, 0.4) is 0 Å². The Bertz CT molecular complexity index is 329. The standard InChI is InChI=1S/C14H21NO/c1-3-4-5-13(15)14(16)10-12-8-6-11(2)7-9-12/h6-9,13H,3-5,10,15H2,1-2H3. The van der Waals surface area contributed by atoms with E-state index < -0.39 is 0 Å². The molecule has 1 rings (SSSR count). The van der Waals surface area contributed by atoms with Crippen LogP contribution in [-0.2, 0) is 11.2 Å². The minimum atomic E-state index is -0.291. The summed E-state index contributed by atoms with van der Waals surface area (Å²) in [6, 6.07) is 7.76. The number of aryl methyl sites for hydroxylation is 1. The van der Waals surface area contributed by atoms with Crippen LogP contribution >= 0.6 is 0 Å². The van der Waals surface area contributed by atoms with Gasteiger partial charge in [0.2, 0.25) is 0 Å². The fourth-order valence-corrected chi connectivity index (χ4v) is 1.62. The first-order chi connectivity index (χ1) is 7.63. The molecule has 88 valence electrons. The Morgan fingerprint density at radius 3 is 2.50 bits per heavy atom. The van der Waals surface area contributed by atoms with E-state index in [1.165, 1.54) is 5.56 Å². The van der Waals surface area contributed by atoms with Crippen LogP contribution in [0.2, 0.25) is 0 Å². The molecule has 0 radical (unpaired) electrons. The van der Waals surface area contributed by atoms with Gasteiger partial charge in [0, 0.05) is 6.42 Å². The van der Waals surface area contributed by atoms with Gasteiger partial charge in [0.1, 0.15) is 0 Å². The molecule has 0 aliphatic carbocycles. The molecule has 0 fully saturated rings. The molecule has 1 aromatic rings. The molecule has 16 heavy (non-hydrogen) atoms. The van der Waals surface area contributed by atoms with Gasteiger partial charge in [0.05, 0.1) is 6.04 Å². The topological polar surface area (TPSA) is 43.1 Å². The molecule has 1 atom stereocenters. The third kappa shape index (κ3) is 4.15. The first-order valence-corrected chi connectivity index (χ1v) is 5.97. The van der Waals surface area contributed by atoms with E-state index in [4.69, 9.17) is 5.73 Å². The minimum Gasteiger partial charge on any atom is -0.321 e. The molecule has 0 saturated carbocycles. The van der Waals surface area contributed by atoms with Gasteiger partial charge in [-0.3, -0.25) is 4.79 Å². The van der Waals surface area contributed by atoms with Crippen LogP contribution < -0.4 is 5.73 Å². The molecule has 0 saturated heterocycles. The number of hydrogen-bond acceptors (Lipinski definition) is 2. The van der Waals surface area contributed by atoms with Gasteiger partial charge in [-0.25, -0.2) is 0 Å². The highest BCUT2D eigenvalue weighted by atomic mass is 16.1. The quantitative estimate of drug-likeness (QED) is 0.799. The van der Waals surface area contributed by atoms with E-state index in [1.807, 2.05) is 31.2 Å². The largest absolute Gasteiger partial charge is 0.321 e. The molecule has 0 aliphatic heterocycles. The molecule has 0 spiro atoms. The van der Waals surface area contributed by atoms with Gasteiger partial charge in [-0.15, -0.1) is 0 Å². The summed E-state index contributed by atoms with van der Waals surface area (Å²) in [5, 5.41) is 0.